The smallest absolute Gasteiger partial charge is 0.107 e. The van der Waals surface area contributed by atoms with E-state index in [2.05, 4.69) is 15.9 Å². The molecule has 2 rings (SSSR count). The fourth-order valence-electron chi connectivity index (χ4n) is 1.22. The minimum absolute atomic E-state index is 0.207. The van der Waals surface area contributed by atoms with Crippen LogP contribution in [0.4, 0.5) is 0 Å². The molecule has 1 heterocycles. The Morgan fingerprint density at radius 3 is 2.75 bits per heavy atom. The molecule has 1 unspecified atom stereocenters. The van der Waals surface area contributed by atoms with Crippen molar-refractivity contribution in [1.29, 1.82) is 0 Å². The molecule has 0 bridgehead atoms. The zero-order valence-electron chi connectivity index (χ0n) is 6.39. The predicted molar refractivity (Wildman–Crippen MR) is 56.7 cm³/mol. The summed E-state index contributed by atoms with van der Waals surface area (Å²) in [7, 11) is 0. The highest BCUT2D eigenvalue weighted by molar-refractivity contribution is 9.10. The van der Waals surface area contributed by atoms with Gasteiger partial charge in [0.15, 0.2) is 0 Å². The number of hydrogen-bond donors (Lipinski definition) is 1. The first-order valence-corrected chi connectivity index (χ1v) is 5.87. The van der Waals surface area contributed by atoms with E-state index >= 15 is 0 Å². The van der Waals surface area contributed by atoms with Gasteiger partial charge in [-0.1, -0.05) is 11.6 Å². The molecule has 0 saturated heterocycles. The minimum atomic E-state index is 0.207. The molecule has 1 fully saturated rings. The van der Waals surface area contributed by atoms with Crippen LogP contribution in [0.15, 0.2) is 10.5 Å². The van der Waals surface area contributed by atoms with Crippen LogP contribution in [0.2, 0.25) is 4.34 Å². The van der Waals surface area contributed by atoms with Gasteiger partial charge >= 0.3 is 0 Å². The molecular formula is C8H9BrClNS. The van der Waals surface area contributed by atoms with Gasteiger partial charge in [-0.2, -0.15) is 0 Å². The quantitative estimate of drug-likeness (QED) is 0.870. The topological polar surface area (TPSA) is 26.0 Å². The van der Waals surface area contributed by atoms with Crippen LogP contribution in [-0.4, -0.2) is 0 Å². The molecule has 1 saturated carbocycles. The highest BCUT2D eigenvalue weighted by Crippen LogP contribution is 2.44. The van der Waals surface area contributed by atoms with Gasteiger partial charge in [0.2, 0.25) is 0 Å². The SMILES string of the molecule is NC(c1cc(Br)c(Cl)s1)C1CC1. The van der Waals surface area contributed by atoms with Crippen molar-refractivity contribution in [3.05, 3.63) is 19.8 Å². The Morgan fingerprint density at radius 2 is 2.33 bits per heavy atom. The first kappa shape index (κ1) is 9.00. The fraction of sp³-hybridized carbons (Fsp3) is 0.500. The molecule has 12 heavy (non-hydrogen) atoms. The van der Waals surface area contributed by atoms with Gasteiger partial charge in [0.25, 0.3) is 0 Å². The lowest BCUT2D eigenvalue weighted by Gasteiger charge is -2.05. The Morgan fingerprint density at radius 1 is 1.67 bits per heavy atom. The molecule has 1 aromatic rings. The van der Waals surface area contributed by atoms with E-state index in [1.807, 2.05) is 6.07 Å². The van der Waals surface area contributed by atoms with Gasteiger partial charge in [-0.3, -0.25) is 0 Å². The Balaban J connectivity index is 2.21. The van der Waals surface area contributed by atoms with Crippen molar-refractivity contribution in [2.75, 3.05) is 0 Å². The van der Waals surface area contributed by atoms with Crippen LogP contribution in [0.1, 0.15) is 23.8 Å². The third-order valence-corrected chi connectivity index (χ3v) is 4.70. The van der Waals surface area contributed by atoms with E-state index in [9.17, 15) is 0 Å². The van der Waals surface area contributed by atoms with E-state index in [4.69, 9.17) is 17.3 Å². The summed E-state index contributed by atoms with van der Waals surface area (Å²) in [5, 5.41) is 0. The monoisotopic (exact) mass is 265 g/mol. The van der Waals surface area contributed by atoms with Gasteiger partial charge in [-0.15, -0.1) is 11.3 Å². The maximum Gasteiger partial charge on any atom is 0.107 e. The van der Waals surface area contributed by atoms with Crippen molar-refractivity contribution in [1.82, 2.24) is 0 Å². The average molecular weight is 267 g/mol. The third kappa shape index (κ3) is 1.69. The molecule has 1 nitrogen and oxygen atoms in total. The predicted octanol–water partition coefficient (Wildman–Crippen LogP) is 3.57. The van der Waals surface area contributed by atoms with Crippen LogP contribution in [0.3, 0.4) is 0 Å². The Kier molecular flexibility index (Phi) is 2.47. The first-order valence-electron chi connectivity index (χ1n) is 3.89. The number of thiophene rings is 1. The van der Waals surface area contributed by atoms with E-state index in [-0.39, 0.29) is 6.04 Å². The number of rotatable bonds is 2. The van der Waals surface area contributed by atoms with Gasteiger partial charge in [0.05, 0.1) is 0 Å². The van der Waals surface area contributed by atoms with Gasteiger partial charge in [-0.25, -0.2) is 0 Å². The van der Waals surface area contributed by atoms with Crippen LogP contribution in [0.5, 0.6) is 0 Å². The molecular weight excluding hydrogens is 258 g/mol. The van der Waals surface area contributed by atoms with Crippen molar-refractivity contribution in [3.8, 4) is 0 Å². The average Bonchev–Trinajstić information content (AvgIpc) is 2.80. The maximum atomic E-state index is 6.01. The van der Waals surface area contributed by atoms with E-state index in [1.165, 1.54) is 17.7 Å². The molecule has 4 heteroatoms. The van der Waals surface area contributed by atoms with Crippen molar-refractivity contribution in [2.24, 2.45) is 11.7 Å². The van der Waals surface area contributed by atoms with Gasteiger partial charge < -0.3 is 5.73 Å². The Hall–Kier alpha value is 0.430. The molecule has 1 aliphatic carbocycles. The lowest BCUT2D eigenvalue weighted by molar-refractivity contribution is 0.644. The normalized spacial score (nSPS) is 19.6. The van der Waals surface area contributed by atoms with Crippen LogP contribution in [0, 0.1) is 5.92 Å². The molecule has 2 N–H and O–H groups in total. The third-order valence-electron chi connectivity index (χ3n) is 2.12. The molecule has 0 aliphatic heterocycles. The molecule has 0 spiro atoms. The lowest BCUT2D eigenvalue weighted by atomic mass is 10.2. The fourth-order valence-corrected chi connectivity index (χ4v) is 3.05. The molecule has 0 radical (unpaired) electrons. The van der Waals surface area contributed by atoms with Crippen LogP contribution >= 0.6 is 38.9 Å². The van der Waals surface area contributed by atoms with Crippen molar-refractivity contribution >= 4 is 38.9 Å². The van der Waals surface area contributed by atoms with Crippen molar-refractivity contribution < 1.29 is 0 Å². The zero-order chi connectivity index (χ0) is 8.72. The molecule has 0 amide bonds. The van der Waals surface area contributed by atoms with Crippen molar-refractivity contribution in [3.63, 3.8) is 0 Å². The molecule has 1 aliphatic rings. The lowest BCUT2D eigenvalue weighted by Crippen LogP contribution is -2.10. The number of hydrogen-bond acceptors (Lipinski definition) is 2. The maximum absolute atomic E-state index is 6.01. The summed E-state index contributed by atoms with van der Waals surface area (Å²) >= 11 is 10.9. The second-order valence-corrected chi connectivity index (χ2v) is 5.67. The van der Waals surface area contributed by atoms with Gasteiger partial charge in [0.1, 0.15) is 4.34 Å². The summed E-state index contributed by atoms with van der Waals surface area (Å²) < 4.78 is 1.78. The standard InChI is InChI=1S/C8H9BrClNS/c9-5-3-6(12-8(5)10)7(11)4-1-2-4/h3-4,7H,1-2,11H2. The van der Waals surface area contributed by atoms with Gasteiger partial charge in [0, 0.05) is 15.4 Å². The van der Waals surface area contributed by atoms with Crippen LogP contribution < -0.4 is 5.73 Å². The van der Waals surface area contributed by atoms with Crippen molar-refractivity contribution in [2.45, 2.75) is 18.9 Å². The first-order chi connectivity index (χ1) is 5.68. The zero-order valence-corrected chi connectivity index (χ0v) is 9.55. The number of halogens is 2. The van der Waals surface area contributed by atoms with E-state index < -0.39 is 0 Å². The summed E-state index contributed by atoms with van der Waals surface area (Å²) in [6.45, 7) is 0. The number of nitrogens with two attached hydrogens (primary N) is 1. The summed E-state index contributed by atoms with van der Waals surface area (Å²) in [5.41, 5.74) is 6.01. The second kappa shape index (κ2) is 3.29. The van der Waals surface area contributed by atoms with E-state index in [1.54, 1.807) is 11.3 Å². The summed E-state index contributed by atoms with van der Waals surface area (Å²) in [5.74, 6) is 0.701. The second-order valence-electron chi connectivity index (χ2n) is 3.13. The van der Waals surface area contributed by atoms with E-state index in [0.717, 1.165) is 8.81 Å². The highest BCUT2D eigenvalue weighted by Gasteiger charge is 2.30. The molecule has 0 aromatic carbocycles. The summed E-state index contributed by atoms with van der Waals surface area (Å²) in [6.07, 6.45) is 2.54. The Bertz CT molecular complexity index is 276. The molecule has 66 valence electrons. The summed E-state index contributed by atoms with van der Waals surface area (Å²) in [6, 6.07) is 2.24. The summed E-state index contributed by atoms with van der Waals surface area (Å²) in [4.78, 5) is 1.20. The van der Waals surface area contributed by atoms with Gasteiger partial charge in [-0.05, 0) is 40.8 Å². The Labute approximate surface area is 89.0 Å². The largest absolute Gasteiger partial charge is 0.323 e. The van der Waals surface area contributed by atoms with Crippen LogP contribution in [0.25, 0.3) is 0 Å². The van der Waals surface area contributed by atoms with E-state index in [0.29, 0.717) is 5.92 Å². The minimum Gasteiger partial charge on any atom is -0.323 e. The molecule has 1 atom stereocenters. The highest BCUT2D eigenvalue weighted by atomic mass is 79.9. The van der Waals surface area contributed by atoms with Crippen LogP contribution in [-0.2, 0) is 0 Å². The molecule has 1 aromatic heterocycles.